The largest absolute Gasteiger partial charge is 0.496 e. The van der Waals surface area contributed by atoms with Crippen molar-refractivity contribution in [1.29, 1.82) is 0 Å². The van der Waals surface area contributed by atoms with Crippen molar-refractivity contribution in [3.05, 3.63) is 114 Å². The van der Waals surface area contributed by atoms with Gasteiger partial charge in [0.05, 0.1) is 48.3 Å². The summed E-state index contributed by atoms with van der Waals surface area (Å²) in [5.41, 5.74) is 4.39. The number of nitrogens with zero attached hydrogens (tertiary/aromatic N) is 2. The highest BCUT2D eigenvalue weighted by molar-refractivity contribution is 7.07. The predicted octanol–water partition coefficient (Wildman–Crippen LogP) is 5.23. The van der Waals surface area contributed by atoms with Crippen molar-refractivity contribution >= 4 is 45.9 Å². The number of carbonyl (C=O) groups is 1. The summed E-state index contributed by atoms with van der Waals surface area (Å²) in [7, 11) is 4.46. The molecule has 1 aliphatic heterocycles. The highest BCUT2D eigenvalue weighted by Gasteiger charge is 2.35. The lowest BCUT2D eigenvalue weighted by Gasteiger charge is -2.25. The number of allylic oxidation sites excluding steroid dienone is 1. The fourth-order valence-electron chi connectivity index (χ4n) is 5.40. The minimum Gasteiger partial charge on any atom is -0.496 e. The van der Waals surface area contributed by atoms with E-state index in [1.54, 1.807) is 32.2 Å². The Balaban J connectivity index is 1.66. The van der Waals surface area contributed by atoms with Crippen molar-refractivity contribution in [3.8, 4) is 22.8 Å². The van der Waals surface area contributed by atoms with Gasteiger partial charge in [-0.1, -0.05) is 65.4 Å². The molecule has 10 heteroatoms. The van der Waals surface area contributed by atoms with Gasteiger partial charge in [0.15, 0.2) is 4.80 Å². The molecule has 6 rings (SSSR count). The molecule has 212 valence electrons. The Morgan fingerprint density at radius 3 is 2.50 bits per heavy atom. The molecule has 8 nitrogen and oxygen atoms in total. The number of hydrogen-bond donors (Lipinski definition) is 1. The molecule has 1 N–H and O–H groups in total. The zero-order valence-electron chi connectivity index (χ0n) is 23.2. The van der Waals surface area contributed by atoms with Crippen molar-refractivity contribution in [3.63, 3.8) is 0 Å². The third-order valence-electron chi connectivity index (χ3n) is 7.31. The molecule has 1 aliphatic rings. The number of aromatic amines is 1. The average molecular weight is 600 g/mol. The highest BCUT2D eigenvalue weighted by atomic mass is 35.5. The zero-order chi connectivity index (χ0) is 29.5. The van der Waals surface area contributed by atoms with Crippen LogP contribution in [0.5, 0.6) is 11.5 Å². The molecule has 3 heterocycles. The zero-order valence-corrected chi connectivity index (χ0v) is 24.8. The first-order valence-corrected chi connectivity index (χ1v) is 14.2. The van der Waals surface area contributed by atoms with Crippen LogP contribution >= 0.6 is 22.9 Å². The molecule has 3 aromatic carbocycles. The number of halogens is 1. The van der Waals surface area contributed by atoms with Gasteiger partial charge in [-0.25, -0.2) is 9.79 Å². The molecule has 42 heavy (non-hydrogen) atoms. The van der Waals surface area contributed by atoms with Gasteiger partial charge in [0.2, 0.25) is 0 Å². The second kappa shape index (κ2) is 11.0. The van der Waals surface area contributed by atoms with E-state index in [2.05, 4.69) is 9.98 Å². The monoisotopic (exact) mass is 599 g/mol. The molecular formula is C32H26ClN3O5S. The topological polar surface area (TPSA) is 94.9 Å². The van der Waals surface area contributed by atoms with Crippen LogP contribution in [0, 0.1) is 0 Å². The van der Waals surface area contributed by atoms with Gasteiger partial charge < -0.3 is 19.2 Å². The van der Waals surface area contributed by atoms with Gasteiger partial charge in [-0.05, 0) is 42.8 Å². The molecule has 0 fully saturated rings. The number of H-pyrrole nitrogens is 1. The van der Waals surface area contributed by atoms with Crippen molar-refractivity contribution in [2.24, 2.45) is 4.99 Å². The summed E-state index contributed by atoms with van der Waals surface area (Å²) in [5.74, 6) is 0.579. The number of fused-ring (bicyclic) bond motifs is 2. The van der Waals surface area contributed by atoms with Crippen molar-refractivity contribution in [2.45, 2.75) is 13.0 Å². The first kappa shape index (κ1) is 27.6. The smallest absolute Gasteiger partial charge is 0.338 e. The van der Waals surface area contributed by atoms with E-state index in [0.717, 1.165) is 27.7 Å². The van der Waals surface area contributed by atoms with E-state index in [9.17, 15) is 9.59 Å². The van der Waals surface area contributed by atoms with E-state index < -0.39 is 12.0 Å². The quantitative estimate of drug-likeness (QED) is 0.270. The van der Waals surface area contributed by atoms with Gasteiger partial charge in [-0.15, -0.1) is 0 Å². The molecule has 0 radical (unpaired) electrons. The standard InChI is InChI=1S/C32H26ClN3O5S/c1-17-26(31(38)41-4)29(22-15-19(33)13-14-23(22)39-2)36-30(37)25(42-32(36)34-17)16-21-20-11-8-12-24(40-3)28(20)35-27(21)18-9-6-5-7-10-18/h5-16,29,35H,1-4H3/b25-16-/t29-/m1/s1. The Bertz CT molecular complexity index is 2070. The minimum atomic E-state index is -0.860. The lowest BCUT2D eigenvalue weighted by molar-refractivity contribution is -0.136. The Hall–Kier alpha value is -4.60. The number of hydrogen-bond acceptors (Lipinski definition) is 7. The van der Waals surface area contributed by atoms with Crippen LogP contribution in [0.2, 0.25) is 5.02 Å². The summed E-state index contributed by atoms with van der Waals surface area (Å²) in [6.07, 6.45) is 1.87. The van der Waals surface area contributed by atoms with Crippen LogP contribution in [0.1, 0.15) is 24.1 Å². The van der Waals surface area contributed by atoms with Crippen LogP contribution in [-0.2, 0) is 9.53 Å². The Morgan fingerprint density at radius 1 is 1.02 bits per heavy atom. The second-order valence-electron chi connectivity index (χ2n) is 9.62. The number of esters is 1. The number of ether oxygens (including phenoxy) is 3. The van der Waals surface area contributed by atoms with Crippen LogP contribution in [0.4, 0.5) is 0 Å². The summed E-state index contributed by atoms with van der Waals surface area (Å²) in [6, 6.07) is 19.9. The number of rotatable bonds is 6. The molecular weight excluding hydrogens is 574 g/mol. The number of nitrogens with one attached hydrogen (secondary N) is 1. The lowest BCUT2D eigenvalue weighted by atomic mass is 9.95. The number of para-hydroxylation sites is 1. The first-order valence-electron chi connectivity index (χ1n) is 13.0. The van der Waals surface area contributed by atoms with E-state index in [1.807, 2.05) is 54.6 Å². The maximum Gasteiger partial charge on any atom is 0.338 e. The normalized spacial score (nSPS) is 15.0. The van der Waals surface area contributed by atoms with Gasteiger partial charge in [-0.3, -0.25) is 9.36 Å². The van der Waals surface area contributed by atoms with Crippen molar-refractivity contribution in [2.75, 3.05) is 21.3 Å². The van der Waals surface area contributed by atoms with Crippen LogP contribution < -0.4 is 24.4 Å². The number of carbonyl (C=O) groups excluding carboxylic acids is 1. The Labute approximate surface area is 249 Å². The average Bonchev–Trinajstić information content (AvgIpc) is 3.53. The summed E-state index contributed by atoms with van der Waals surface area (Å²) in [4.78, 5) is 36.0. The van der Waals surface area contributed by atoms with Crippen molar-refractivity contribution < 1.29 is 19.0 Å². The molecule has 0 amide bonds. The van der Waals surface area contributed by atoms with Gasteiger partial charge in [-0.2, -0.15) is 0 Å². The number of thiazole rings is 1. The predicted molar refractivity (Wildman–Crippen MR) is 164 cm³/mol. The van der Waals surface area contributed by atoms with E-state index in [-0.39, 0.29) is 11.1 Å². The summed E-state index contributed by atoms with van der Waals surface area (Å²) in [6.45, 7) is 1.73. The summed E-state index contributed by atoms with van der Waals surface area (Å²) in [5, 5.41) is 1.34. The number of methoxy groups -OCH3 is 3. The molecule has 5 aromatic rings. The van der Waals surface area contributed by atoms with Gasteiger partial charge in [0.25, 0.3) is 5.56 Å². The molecule has 0 saturated heterocycles. The molecule has 1 atom stereocenters. The SMILES string of the molecule is COC(=O)C1=C(C)N=c2s/c(=C\c3c(-c4ccccc4)[nH]c4c(OC)cccc34)c(=O)n2[C@@H]1c1cc(Cl)ccc1OC. The fraction of sp³-hybridized carbons (Fsp3) is 0.156. The maximum atomic E-state index is 14.3. The van der Waals surface area contributed by atoms with Crippen LogP contribution in [0.25, 0.3) is 28.2 Å². The first-order chi connectivity index (χ1) is 20.4. The molecule has 0 aliphatic carbocycles. The minimum absolute atomic E-state index is 0.235. The van der Waals surface area contributed by atoms with Gasteiger partial charge in [0.1, 0.15) is 17.5 Å². The Morgan fingerprint density at radius 2 is 1.79 bits per heavy atom. The van der Waals surface area contributed by atoms with Crippen molar-refractivity contribution in [1.82, 2.24) is 9.55 Å². The van der Waals surface area contributed by atoms with E-state index in [0.29, 0.717) is 37.1 Å². The highest BCUT2D eigenvalue weighted by Crippen LogP contribution is 2.38. The Kier molecular flexibility index (Phi) is 7.22. The molecule has 0 unspecified atom stereocenters. The van der Waals surface area contributed by atoms with Crippen LogP contribution in [-0.4, -0.2) is 36.8 Å². The fourth-order valence-corrected chi connectivity index (χ4v) is 6.61. The van der Waals surface area contributed by atoms with Gasteiger partial charge >= 0.3 is 5.97 Å². The maximum absolute atomic E-state index is 14.3. The lowest BCUT2D eigenvalue weighted by Crippen LogP contribution is -2.40. The second-order valence-corrected chi connectivity index (χ2v) is 11.1. The van der Waals surface area contributed by atoms with E-state index in [4.69, 9.17) is 25.8 Å². The number of benzene rings is 3. The van der Waals surface area contributed by atoms with E-state index >= 15 is 0 Å². The van der Waals surface area contributed by atoms with E-state index in [1.165, 1.54) is 30.1 Å². The van der Waals surface area contributed by atoms with Crippen LogP contribution in [0.15, 0.2) is 87.8 Å². The summed E-state index contributed by atoms with van der Waals surface area (Å²) < 4.78 is 18.4. The third kappa shape index (κ3) is 4.51. The molecule has 0 spiro atoms. The number of aromatic nitrogens is 2. The van der Waals surface area contributed by atoms with Gasteiger partial charge in [0, 0.05) is 21.5 Å². The summed E-state index contributed by atoms with van der Waals surface area (Å²) >= 11 is 7.64. The third-order valence-corrected chi connectivity index (χ3v) is 8.52. The van der Waals surface area contributed by atoms with Crippen LogP contribution in [0.3, 0.4) is 0 Å². The molecule has 2 aromatic heterocycles. The molecule has 0 saturated carbocycles. The molecule has 0 bridgehead atoms.